The lowest BCUT2D eigenvalue weighted by Crippen LogP contribution is -2.53. The van der Waals surface area contributed by atoms with Crippen LogP contribution in [0.2, 0.25) is 0 Å². The molecular weight excluding hydrogens is 392 g/mol. The van der Waals surface area contributed by atoms with Crippen LogP contribution in [0.3, 0.4) is 0 Å². The number of urea groups is 1. The van der Waals surface area contributed by atoms with Gasteiger partial charge in [-0.25, -0.2) is 18.1 Å². The third kappa shape index (κ3) is 4.62. The molecule has 0 unspecified atom stereocenters. The van der Waals surface area contributed by atoms with Crippen molar-refractivity contribution < 1.29 is 18.0 Å². The van der Waals surface area contributed by atoms with Gasteiger partial charge in [0.05, 0.1) is 11.6 Å². The fourth-order valence-corrected chi connectivity index (χ4v) is 5.12. The van der Waals surface area contributed by atoms with Gasteiger partial charge in [0.15, 0.2) is 0 Å². The highest BCUT2D eigenvalue weighted by molar-refractivity contribution is 7.89. The fourth-order valence-electron chi connectivity index (χ4n) is 3.68. The number of carbonyl (C=O) groups excluding carboxylic acids is 2. The summed E-state index contributed by atoms with van der Waals surface area (Å²) < 4.78 is 26.9. The van der Waals surface area contributed by atoms with Gasteiger partial charge >= 0.3 is 6.03 Å². The number of hydrogen-bond donors (Lipinski definition) is 1. The van der Waals surface area contributed by atoms with Crippen LogP contribution in [-0.4, -0.2) is 72.8 Å². The lowest BCUT2D eigenvalue weighted by molar-refractivity contribution is -0.132. The van der Waals surface area contributed by atoms with E-state index < -0.39 is 15.6 Å². The van der Waals surface area contributed by atoms with Crippen molar-refractivity contribution in [2.75, 3.05) is 32.8 Å². The number of imide groups is 1. The van der Waals surface area contributed by atoms with Crippen molar-refractivity contribution in [3.8, 4) is 0 Å². The number of piperazine rings is 1. The number of sulfonamides is 1. The summed E-state index contributed by atoms with van der Waals surface area (Å²) in [5, 5.41) is 2.83. The normalized spacial score (nSPS) is 24.3. The third-order valence-electron chi connectivity index (χ3n) is 5.62. The van der Waals surface area contributed by atoms with Crippen LogP contribution in [0.1, 0.15) is 33.6 Å². The van der Waals surface area contributed by atoms with Crippen molar-refractivity contribution in [2.45, 2.75) is 44.0 Å². The maximum atomic E-state index is 12.8. The summed E-state index contributed by atoms with van der Waals surface area (Å²) in [5.41, 5.74) is -0.861. The molecule has 3 rings (SSSR count). The van der Waals surface area contributed by atoms with Gasteiger partial charge in [-0.3, -0.25) is 9.69 Å². The Bertz CT molecular complexity index is 850. The molecule has 0 aromatic heterocycles. The Morgan fingerprint density at radius 1 is 1.07 bits per heavy atom. The SMILES string of the molecule is CC(C)CC[C@]1(C)NC(=O)N(CN2CCN(S(=O)(=O)c3ccccc3)CC2)C1=O. The largest absolute Gasteiger partial charge is 0.326 e. The molecule has 1 aromatic rings. The van der Waals surface area contributed by atoms with Crippen LogP contribution in [0, 0.1) is 5.92 Å². The maximum absolute atomic E-state index is 12.8. The van der Waals surface area contributed by atoms with E-state index in [9.17, 15) is 18.0 Å². The monoisotopic (exact) mass is 422 g/mol. The molecule has 1 N–H and O–H groups in total. The van der Waals surface area contributed by atoms with Crippen LogP contribution in [0.4, 0.5) is 4.79 Å². The molecule has 8 nitrogen and oxygen atoms in total. The number of amides is 3. The summed E-state index contributed by atoms with van der Waals surface area (Å²) in [6.45, 7) is 7.71. The molecule has 2 aliphatic heterocycles. The molecule has 3 amide bonds. The Kier molecular flexibility index (Phi) is 6.30. The first-order valence-corrected chi connectivity index (χ1v) is 11.5. The summed E-state index contributed by atoms with van der Waals surface area (Å²) >= 11 is 0. The Morgan fingerprint density at radius 2 is 1.69 bits per heavy atom. The van der Waals surface area contributed by atoms with E-state index in [0.29, 0.717) is 38.5 Å². The van der Waals surface area contributed by atoms with Crippen molar-refractivity contribution in [2.24, 2.45) is 5.92 Å². The van der Waals surface area contributed by atoms with Crippen LogP contribution in [0.15, 0.2) is 35.2 Å². The number of nitrogens with one attached hydrogen (secondary N) is 1. The Morgan fingerprint density at radius 3 is 2.28 bits per heavy atom. The van der Waals surface area contributed by atoms with E-state index in [1.165, 1.54) is 9.21 Å². The van der Waals surface area contributed by atoms with Gasteiger partial charge in [-0.2, -0.15) is 4.31 Å². The van der Waals surface area contributed by atoms with Gasteiger partial charge in [0.25, 0.3) is 5.91 Å². The summed E-state index contributed by atoms with van der Waals surface area (Å²) in [5.74, 6) is 0.243. The highest BCUT2D eigenvalue weighted by Crippen LogP contribution is 2.25. The lowest BCUT2D eigenvalue weighted by Gasteiger charge is -2.35. The predicted octanol–water partition coefficient (Wildman–Crippen LogP) is 1.70. The van der Waals surface area contributed by atoms with Crippen molar-refractivity contribution >= 4 is 22.0 Å². The minimum atomic E-state index is -3.52. The molecular formula is C20H30N4O4S. The van der Waals surface area contributed by atoms with Gasteiger partial charge in [0, 0.05) is 26.2 Å². The molecule has 0 radical (unpaired) electrons. The smallest absolute Gasteiger partial charge is 0.323 e. The average molecular weight is 423 g/mol. The molecule has 0 saturated carbocycles. The first-order chi connectivity index (χ1) is 13.6. The summed E-state index contributed by atoms with van der Waals surface area (Å²) in [6.07, 6.45) is 1.46. The van der Waals surface area contributed by atoms with E-state index in [1.54, 1.807) is 37.3 Å². The van der Waals surface area contributed by atoms with Crippen molar-refractivity contribution in [1.82, 2.24) is 19.4 Å². The second kappa shape index (κ2) is 8.41. The first-order valence-electron chi connectivity index (χ1n) is 10.1. The predicted molar refractivity (Wildman–Crippen MR) is 109 cm³/mol. The van der Waals surface area contributed by atoms with Crippen LogP contribution >= 0.6 is 0 Å². The summed E-state index contributed by atoms with van der Waals surface area (Å²) in [6, 6.07) is 8.00. The quantitative estimate of drug-likeness (QED) is 0.676. The number of carbonyl (C=O) groups is 2. The van der Waals surface area contributed by atoms with Gasteiger partial charge in [0.1, 0.15) is 5.54 Å². The van der Waals surface area contributed by atoms with Gasteiger partial charge < -0.3 is 5.32 Å². The third-order valence-corrected chi connectivity index (χ3v) is 7.53. The van der Waals surface area contributed by atoms with Crippen molar-refractivity contribution in [1.29, 1.82) is 0 Å². The lowest BCUT2D eigenvalue weighted by atomic mass is 9.92. The Hall–Kier alpha value is -1.97. The topological polar surface area (TPSA) is 90.0 Å². The number of benzene rings is 1. The molecule has 9 heteroatoms. The molecule has 0 aliphatic carbocycles. The van der Waals surface area contributed by atoms with Crippen LogP contribution in [0.25, 0.3) is 0 Å². The van der Waals surface area contributed by atoms with E-state index >= 15 is 0 Å². The molecule has 160 valence electrons. The second-order valence-electron chi connectivity index (χ2n) is 8.40. The fraction of sp³-hybridized carbons (Fsp3) is 0.600. The number of nitrogens with zero attached hydrogens (tertiary/aromatic N) is 3. The number of hydrogen-bond acceptors (Lipinski definition) is 5. The Balaban J connectivity index is 1.58. The average Bonchev–Trinajstić information content (AvgIpc) is 2.91. The molecule has 29 heavy (non-hydrogen) atoms. The van der Waals surface area contributed by atoms with E-state index in [4.69, 9.17) is 0 Å². The van der Waals surface area contributed by atoms with E-state index in [0.717, 1.165) is 6.42 Å². The highest BCUT2D eigenvalue weighted by atomic mass is 32.2. The van der Waals surface area contributed by atoms with E-state index in [2.05, 4.69) is 19.2 Å². The van der Waals surface area contributed by atoms with E-state index in [1.807, 2.05) is 4.90 Å². The summed E-state index contributed by atoms with van der Waals surface area (Å²) in [4.78, 5) is 28.7. The maximum Gasteiger partial charge on any atom is 0.326 e. The van der Waals surface area contributed by atoms with Gasteiger partial charge in [0.2, 0.25) is 10.0 Å². The first kappa shape index (κ1) is 21.7. The molecule has 2 fully saturated rings. The van der Waals surface area contributed by atoms with Crippen molar-refractivity contribution in [3.63, 3.8) is 0 Å². The Labute approximate surface area is 172 Å². The highest BCUT2D eigenvalue weighted by Gasteiger charge is 2.48. The molecule has 0 bridgehead atoms. The zero-order valence-electron chi connectivity index (χ0n) is 17.3. The molecule has 0 spiro atoms. The molecule has 2 aliphatic rings. The molecule has 1 atom stereocenters. The molecule has 2 saturated heterocycles. The standard InChI is InChI=1S/C20H30N4O4S/c1-16(2)9-10-20(3)18(25)24(19(26)21-20)15-22-11-13-23(14-12-22)29(27,28)17-7-5-4-6-8-17/h4-8,16H,9-15H2,1-3H3,(H,21,26)/t20-/m0/s1. The van der Waals surface area contributed by atoms with Gasteiger partial charge in [-0.05, 0) is 37.8 Å². The number of rotatable bonds is 7. The summed E-state index contributed by atoms with van der Waals surface area (Å²) in [7, 11) is -3.52. The van der Waals surface area contributed by atoms with Crippen molar-refractivity contribution in [3.05, 3.63) is 30.3 Å². The zero-order valence-corrected chi connectivity index (χ0v) is 18.1. The van der Waals surface area contributed by atoms with Crippen LogP contribution < -0.4 is 5.32 Å². The van der Waals surface area contributed by atoms with E-state index in [-0.39, 0.29) is 23.5 Å². The van der Waals surface area contributed by atoms with Crippen LogP contribution in [-0.2, 0) is 14.8 Å². The molecule has 1 aromatic carbocycles. The van der Waals surface area contributed by atoms with Gasteiger partial charge in [-0.1, -0.05) is 32.0 Å². The zero-order chi connectivity index (χ0) is 21.2. The minimum Gasteiger partial charge on any atom is -0.323 e. The van der Waals surface area contributed by atoms with Crippen LogP contribution in [0.5, 0.6) is 0 Å². The molecule has 2 heterocycles. The van der Waals surface area contributed by atoms with Gasteiger partial charge in [-0.15, -0.1) is 0 Å². The second-order valence-corrected chi connectivity index (χ2v) is 10.3. The minimum absolute atomic E-state index is 0.182.